The zero-order chi connectivity index (χ0) is 12.1. The van der Waals surface area contributed by atoms with Gasteiger partial charge < -0.3 is 9.84 Å². The van der Waals surface area contributed by atoms with Crippen LogP contribution in [0.5, 0.6) is 5.88 Å². The van der Waals surface area contributed by atoms with E-state index in [4.69, 9.17) is 9.84 Å². The zero-order valence-electron chi connectivity index (χ0n) is 9.01. The number of halogens is 1. The fourth-order valence-electron chi connectivity index (χ4n) is 1.36. The molecular weight excluding hydrogens is 284 g/mol. The van der Waals surface area contributed by atoms with Crippen LogP contribution in [0.1, 0.15) is 11.1 Å². The van der Waals surface area contributed by atoms with Crippen LogP contribution in [0.3, 0.4) is 0 Å². The van der Waals surface area contributed by atoms with E-state index in [1.165, 1.54) is 6.33 Å². The lowest BCUT2D eigenvalue weighted by Crippen LogP contribution is -2.01. The number of ether oxygens (including phenoxy) is 1. The highest BCUT2D eigenvalue weighted by Gasteiger charge is 2.04. The molecule has 0 saturated heterocycles. The lowest BCUT2D eigenvalue weighted by atomic mass is 10.2. The van der Waals surface area contributed by atoms with E-state index < -0.39 is 0 Å². The average molecular weight is 295 g/mol. The number of benzene rings is 1. The summed E-state index contributed by atoms with van der Waals surface area (Å²) < 4.78 is 6.54. The number of aliphatic hydroxyl groups excluding tert-OH is 1. The van der Waals surface area contributed by atoms with Crippen LogP contribution in [-0.4, -0.2) is 15.1 Å². The van der Waals surface area contributed by atoms with Crippen LogP contribution in [0, 0.1) is 0 Å². The van der Waals surface area contributed by atoms with Crippen LogP contribution >= 0.6 is 15.9 Å². The van der Waals surface area contributed by atoms with Crippen molar-refractivity contribution in [2.24, 2.45) is 0 Å². The summed E-state index contributed by atoms with van der Waals surface area (Å²) in [6.45, 7) is 0.276. The zero-order valence-corrected chi connectivity index (χ0v) is 10.6. The maximum atomic E-state index is 9.09. The minimum absolute atomic E-state index is 0.130. The van der Waals surface area contributed by atoms with Crippen molar-refractivity contribution in [2.75, 3.05) is 0 Å². The first-order valence-corrected chi connectivity index (χ1v) is 5.86. The van der Waals surface area contributed by atoms with Crippen molar-refractivity contribution >= 4 is 15.9 Å². The maximum Gasteiger partial charge on any atom is 0.222 e. The Balaban J connectivity index is 2.07. The van der Waals surface area contributed by atoms with Crippen molar-refractivity contribution in [1.82, 2.24) is 9.97 Å². The van der Waals surface area contributed by atoms with Crippen molar-refractivity contribution in [3.8, 4) is 5.88 Å². The van der Waals surface area contributed by atoms with Gasteiger partial charge >= 0.3 is 0 Å². The summed E-state index contributed by atoms with van der Waals surface area (Å²) >= 11 is 3.40. The molecule has 1 heterocycles. The molecule has 0 aliphatic rings. The first-order chi connectivity index (χ1) is 8.29. The minimum atomic E-state index is -0.130. The molecule has 0 saturated carbocycles. The van der Waals surface area contributed by atoms with E-state index in [0.717, 1.165) is 10.0 Å². The van der Waals surface area contributed by atoms with Gasteiger partial charge in [0.2, 0.25) is 5.88 Å². The summed E-state index contributed by atoms with van der Waals surface area (Å²) in [6, 6.07) is 7.83. The summed E-state index contributed by atoms with van der Waals surface area (Å²) in [5, 5.41) is 9.09. The molecule has 0 aliphatic heterocycles. The molecule has 2 rings (SSSR count). The molecule has 0 amide bonds. The van der Waals surface area contributed by atoms with E-state index in [-0.39, 0.29) is 6.61 Å². The molecule has 17 heavy (non-hydrogen) atoms. The molecule has 0 fully saturated rings. The van der Waals surface area contributed by atoms with E-state index in [2.05, 4.69) is 25.9 Å². The molecule has 0 radical (unpaired) electrons. The summed E-state index contributed by atoms with van der Waals surface area (Å²) in [6.07, 6.45) is 2.94. The number of aromatic nitrogens is 2. The van der Waals surface area contributed by atoms with Gasteiger partial charge in [-0.2, -0.15) is 0 Å². The largest absolute Gasteiger partial charge is 0.472 e. The normalized spacial score (nSPS) is 10.2. The number of nitrogens with zero attached hydrogens (tertiary/aromatic N) is 2. The second kappa shape index (κ2) is 5.75. The van der Waals surface area contributed by atoms with Crippen molar-refractivity contribution in [1.29, 1.82) is 0 Å². The topological polar surface area (TPSA) is 55.2 Å². The van der Waals surface area contributed by atoms with Crippen LogP contribution < -0.4 is 4.74 Å². The Bertz CT molecular complexity index is 505. The van der Waals surface area contributed by atoms with Gasteiger partial charge in [-0.3, -0.25) is 0 Å². The SMILES string of the molecule is OCc1cncnc1OCc1cccc(Br)c1. The number of rotatable bonds is 4. The molecule has 2 aromatic rings. The Morgan fingerprint density at radius 1 is 1.35 bits per heavy atom. The van der Waals surface area contributed by atoms with Gasteiger partial charge in [0.1, 0.15) is 12.9 Å². The predicted octanol–water partition coefficient (Wildman–Crippen LogP) is 2.31. The van der Waals surface area contributed by atoms with Gasteiger partial charge in [0, 0.05) is 10.7 Å². The van der Waals surface area contributed by atoms with Gasteiger partial charge in [0.15, 0.2) is 0 Å². The van der Waals surface area contributed by atoms with Crippen molar-refractivity contribution in [2.45, 2.75) is 13.2 Å². The number of hydrogen-bond acceptors (Lipinski definition) is 4. The Morgan fingerprint density at radius 3 is 3.00 bits per heavy atom. The second-order valence-corrected chi connectivity index (χ2v) is 4.35. The highest BCUT2D eigenvalue weighted by atomic mass is 79.9. The Hall–Kier alpha value is -1.46. The van der Waals surface area contributed by atoms with Gasteiger partial charge in [0.25, 0.3) is 0 Å². The third-order valence-corrected chi connectivity index (χ3v) is 2.67. The van der Waals surface area contributed by atoms with E-state index >= 15 is 0 Å². The average Bonchev–Trinajstić information content (AvgIpc) is 2.37. The van der Waals surface area contributed by atoms with Crippen LogP contribution in [0.15, 0.2) is 41.3 Å². The van der Waals surface area contributed by atoms with E-state index in [1.807, 2.05) is 24.3 Å². The summed E-state index contributed by atoms with van der Waals surface area (Å²) in [5.74, 6) is 0.419. The molecule has 0 atom stereocenters. The molecule has 1 aromatic carbocycles. The Labute approximate surface area is 107 Å². The standard InChI is InChI=1S/C12H11BrN2O2/c13-11-3-1-2-9(4-11)7-17-12-10(6-16)5-14-8-15-12/h1-5,8,16H,6-7H2. The minimum Gasteiger partial charge on any atom is -0.472 e. The molecule has 4 nitrogen and oxygen atoms in total. The second-order valence-electron chi connectivity index (χ2n) is 3.43. The van der Waals surface area contributed by atoms with E-state index in [0.29, 0.717) is 18.1 Å². The smallest absolute Gasteiger partial charge is 0.222 e. The quantitative estimate of drug-likeness (QED) is 0.940. The van der Waals surface area contributed by atoms with Crippen molar-refractivity contribution in [3.05, 3.63) is 52.4 Å². The van der Waals surface area contributed by atoms with Crippen molar-refractivity contribution in [3.63, 3.8) is 0 Å². The van der Waals surface area contributed by atoms with E-state index in [1.54, 1.807) is 6.20 Å². The van der Waals surface area contributed by atoms with Crippen molar-refractivity contribution < 1.29 is 9.84 Å². The van der Waals surface area contributed by atoms with Crippen LogP contribution in [0.2, 0.25) is 0 Å². The third-order valence-electron chi connectivity index (χ3n) is 2.18. The first kappa shape index (κ1) is 12.0. The van der Waals surface area contributed by atoms with Crippen LogP contribution in [0.25, 0.3) is 0 Å². The molecule has 0 unspecified atom stereocenters. The molecule has 0 aliphatic carbocycles. The molecule has 0 spiro atoms. The van der Waals surface area contributed by atoms with Gasteiger partial charge in [-0.25, -0.2) is 9.97 Å². The van der Waals surface area contributed by atoms with Gasteiger partial charge in [-0.05, 0) is 17.7 Å². The fourth-order valence-corrected chi connectivity index (χ4v) is 1.81. The summed E-state index contributed by atoms with van der Waals surface area (Å²) in [7, 11) is 0. The summed E-state index contributed by atoms with van der Waals surface area (Å²) in [5.41, 5.74) is 1.62. The molecule has 5 heteroatoms. The maximum absolute atomic E-state index is 9.09. The van der Waals surface area contributed by atoms with E-state index in [9.17, 15) is 0 Å². The fraction of sp³-hybridized carbons (Fsp3) is 0.167. The van der Waals surface area contributed by atoms with Gasteiger partial charge in [-0.15, -0.1) is 0 Å². The molecule has 1 N–H and O–H groups in total. The Morgan fingerprint density at radius 2 is 2.24 bits per heavy atom. The van der Waals surface area contributed by atoms with Crippen LogP contribution in [0.4, 0.5) is 0 Å². The molecular formula is C12H11BrN2O2. The predicted molar refractivity (Wildman–Crippen MR) is 66.4 cm³/mol. The highest BCUT2D eigenvalue weighted by Crippen LogP contribution is 2.16. The first-order valence-electron chi connectivity index (χ1n) is 5.06. The molecule has 1 aromatic heterocycles. The highest BCUT2D eigenvalue weighted by molar-refractivity contribution is 9.10. The Kier molecular flexibility index (Phi) is 4.06. The lowest BCUT2D eigenvalue weighted by Gasteiger charge is -2.08. The number of aliphatic hydroxyl groups is 1. The monoisotopic (exact) mass is 294 g/mol. The van der Waals surface area contributed by atoms with Gasteiger partial charge in [-0.1, -0.05) is 28.1 Å². The summed E-state index contributed by atoms with van der Waals surface area (Å²) in [4.78, 5) is 7.81. The molecule has 88 valence electrons. The number of hydrogen-bond donors (Lipinski definition) is 1. The molecule has 0 bridgehead atoms. The van der Waals surface area contributed by atoms with Crippen LogP contribution in [-0.2, 0) is 13.2 Å². The van der Waals surface area contributed by atoms with Gasteiger partial charge in [0.05, 0.1) is 12.2 Å². The lowest BCUT2D eigenvalue weighted by molar-refractivity contribution is 0.251. The third kappa shape index (κ3) is 3.25.